The van der Waals surface area contributed by atoms with E-state index in [9.17, 15) is 40.2 Å². The Bertz CT molecular complexity index is 1380. The molecule has 0 spiro atoms. The van der Waals surface area contributed by atoms with Crippen LogP contribution in [0.15, 0.2) is 39.5 Å². The standard InChI is InChI=1S/C24H24O13/c1-9(26)34-23-20(32)18(30)16(8-25)36-24(23)37-22-19(31)17-13(29)6-11(27)7-15(17)35-21(22)10-3-4-12(28)14(5-10)33-2/h3-7,16,18,20,23-25,27-30,32H,8H2,1-2H3/t16-,18-,20+,23+,24+/m0/s1. The third-order valence-electron chi connectivity index (χ3n) is 5.72. The van der Waals surface area contributed by atoms with E-state index in [0.717, 1.165) is 19.1 Å². The number of benzene rings is 2. The number of aliphatic hydroxyl groups excluding tert-OH is 3. The highest BCUT2D eigenvalue weighted by molar-refractivity contribution is 5.88. The third-order valence-corrected chi connectivity index (χ3v) is 5.72. The number of phenolic OH excluding ortho intramolecular Hbond substituents is 3. The molecule has 1 aliphatic rings. The molecule has 5 atom stereocenters. The fraction of sp³-hybridized carbons (Fsp3) is 0.333. The molecule has 13 nitrogen and oxygen atoms in total. The number of ether oxygens (including phenoxy) is 4. The molecule has 2 heterocycles. The monoisotopic (exact) mass is 520 g/mol. The van der Waals surface area contributed by atoms with Crippen LogP contribution in [0.25, 0.3) is 22.3 Å². The summed E-state index contributed by atoms with van der Waals surface area (Å²) in [4.78, 5) is 25.2. The van der Waals surface area contributed by atoms with E-state index < -0.39 is 66.0 Å². The van der Waals surface area contributed by atoms with Crippen molar-refractivity contribution in [3.05, 3.63) is 40.6 Å². The molecule has 1 aromatic heterocycles. The Balaban J connectivity index is 1.93. The van der Waals surface area contributed by atoms with Gasteiger partial charge in [-0.15, -0.1) is 0 Å². The summed E-state index contributed by atoms with van der Waals surface area (Å²) in [6.07, 6.45) is -8.16. The zero-order chi connectivity index (χ0) is 27.0. The van der Waals surface area contributed by atoms with Gasteiger partial charge in [-0.1, -0.05) is 0 Å². The van der Waals surface area contributed by atoms with E-state index in [4.69, 9.17) is 23.4 Å². The molecule has 3 aromatic rings. The summed E-state index contributed by atoms with van der Waals surface area (Å²) >= 11 is 0. The van der Waals surface area contributed by atoms with Gasteiger partial charge in [0.2, 0.25) is 17.5 Å². The fourth-order valence-electron chi connectivity index (χ4n) is 3.97. The summed E-state index contributed by atoms with van der Waals surface area (Å²) in [5, 5.41) is 60.2. The number of carbonyl (C=O) groups excluding carboxylic acids is 1. The van der Waals surface area contributed by atoms with Gasteiger partial charge < -0.3 is 54.0 Å². The molecule has 0 aliphatic carbocycles. The van der Waals surface area contributed by atoms with E-state index in [-0.39, 0.29) is 33.8 Å². The predicted octanol–water partition coefficient (Wildman–Crippen LogP) is 0.335. The van der Waals surface area contributed by atoms with Crippen molar-refractivity contribution in [2.24, 2.45) is 0 Å². The predicted molar refractivity (Wildman–Crippen MR) is 123 cm³/mol. The van der Waals surface area contributed by atoms with Gasteiger partial charge in [0.1, 0.15) is 40.8 Å². The Morgan fingerprint density at radius 1 is 1.05 bits per heavy atom. The van der Waals surface area contributed by atoms with Crippen molar-refractivity contribution in [1.82, 2.24) is 0 Å². The van der Waals surface area contributed by atoms with Crippen molar-refractivity contribution in [2.45, 2.75) is 37.6 Å². The van der Waals surface area contributed by atoms with Crippen molar-refractivity contribution in [1.29, 1.82) is 0 Å². The maximum atomic E-state index is 13.5. The van der Waals surface area contributed by atoms with E-state index in [1.54, 1.807) is 0 Å². The molecule has 4 rings (SSSR count). The van der Waals surface area contributed by atoms with Crippen LogP contribution < -0.4 is 14.9 Å². The molecular weight excluding hydrogens is 496 g/mol. The minimum absolute atomic E-state index is 0.00977. The summed E-state index contributed by atoms with van der Waals surface area (Å²) in [7, 11) is 1.30. The SMILES string of the molecule is COc1cc(-c2oc3cc(O)cc(O)c3c(=O)c2O[C@H]2O[C@@H](CO)[C@H](O)[C@@H](O)[C@H]2OC(C)=O)ccc1O. The lowest BCUT2D eigenvalue weighted by Gasteiger charge is -2.41. The van der Waals surface area contributed by atoms with Crippen molar-refractivity contribution in [3.63, 3.8) is 0 Å². The summed E-state index contributed by atoms with van der Waals surface area (Å²) in [6.45, 7) is 0.288. The number of methoxy groups -OCH3 is 1. The minimum atomic E-state index is -1.77. The van der Waals surface area contributed by atoms with Gasteiger partial charge in [-0.05, 0) is 18.2 Å². The summed E-state index contributed by atoms with van der Waals surface area (Å²) in [5.74, 6) is -2.96. The molecular formula is C24H24O13. The molecule has 0 bridgehead atoms. The molecule has 6 N–H and O–H groups in total. The maximum absolute atomic E-state index is 13.5. The Morgan fingerprint density at radius 2 is 1.78 bits per heavy atom. The van der Waals surface area contributed by atoms with E-state index in [1.165, 1.54) is 25.3 Å². The third kappa shape index (κ3) is 4.84. The molecule has 13 heteroatoms. The Hall–Kier alpha value is -4.04. The lowest BCUT2D eigenvalue weighted by Crippen LogP contribution is -2.61. The quantitative estimate of drug-likeness (QED) is 0.243. The summed E-state index contributed by atoms with van der Waals surface area (Å²) in [6, 6.07) is 5.92. The number of rotatable bonds is 6. The van der Waals surface area contributed by atoms with Crippen LogP contribution in [-0.4, -0.2) is 81.0 Å². The van der Waals surface area contributed by atoms with E-state index in [1.807, 2.05) is 0 Å². The first kappa shape index (κ1) is 26.0. The summed E-state index contributed by atoms with van der Waals surface area (Å²) < 4.78 is 27.3. The Morgan fingerprint density at radius 3 is 2.43 bits per heavy atom. The lowest BCUT2D eigenvalue weighted by atomic mass is 9.99. The van der Waals surface area contributed by atoms with E-state index >= 15 is 0 Å². The number of aromatic hydroxyl groups is 3. The first-order valence-electron chi connectivity index (χ1n) is 10.9. The smallest absolute Gasteiger partial charge is 0.303 e. The van der Waals surface area contributed by atoms with E-state index in [0.29, 0.717) is 0 Å². The number of carbonyl (C=O) groups is 1. The van der Waals surface area contributed by atoms with Gasteiger partial charge >= 0.3 is 5.97 Å². The number of hydrogen-bond donors (Lipinski definition) is 6. The Labute approximate surface area is 208 Å². The molecule has 1 fully saturated rings. The van der Waals surface area contributed by atoms with Gasteiger partial charge in [0, 0.05) is 24.6 Å². The number of fused-ring (bicyclic) bond motifs is 1. The van der Waals surface area contributed by atoms with Crippen LogP contribution in [0.2, 0.25) is 0 Å². The van der Waals surface area contributed by atoms with Gasteiger partial charge in [-0.2, -0.15) is 0 Å². The molecule has 198 valence electrons. The van der Waals surface area contributed by atoms with Gasteiger partial charge in [-0.25, -0.2) is 0 Å². The molecule has 1 saturated heterocycles. The molecule has 37 heavy (non-hydrogen) atoms. The number of hydrogen-bond acceptors (Lipinski definition) is 13. The topological polar surface area (TPSA) is 206 Å². The average Bonchev–Trinajstić information content (AvgIpc) is 2.84. The normalized spacial score (nSPS) is 23.5. The second kappa shape index (κ2) is 10.1. The number of aliphatic hydroxyl groups is 3. The van der Waals surface area contributed by atoms with Crippen LogP contribution in [0, 0.1) is 0 Å². The molecule has 0 saturated carbocycles. The second-order valence-corrected chi connectivity index (χ2v) is 8.21. The van der Waals surface area contributed by atoms with Crippen molar-refractivity contribution in [3.8, 4) is 40.1 Å². The number of esters is 1. The van der Waals surface area contributed by atoms with Crippen LogP contribution in [0.3, 0.4) is 0 Å². The molecule has 0 radical (unpaired) electrons. The highest BCUT2D eigenvalue weighted by Crippen LogP contribution is 2.39. The number of phenols is 3. The van der Waals surface area contributed by atoms with Crippen LogP contribution >= 0.6 is 0 Å². The van der Waals surface area contributed by atoms with Gasteiger partial charge in [0.05, 0.1) is 13.7 Å². The minimum Gasteiger partial charge on any atom is -0.508 e. The van der Waals surface area contributed by atoms with E-state index in [2.05, 4.69) is 0 Å². The second-order valence-electron chi connectivity index (χ2n) is 8.21. The first-order valence-corrected chi connectivity index (χ1v) is 10.9. The van der Waals surface area contributed by atoms with Crippen molar-refractivity contribution < 1.29 is 58.8 Å². The lowest BCUT2D eigenvalue weighted by molar-refractivity contribution is -0.282. The zero-order valence-electron chi connectivity index (χ0n) is 19.5. The molecule has 2 aromatic carbocycles. The highest BCUT2D eigenvalue weighted by atomic mass is 16.7. The zero-order valence-corrected chi connectivity index (χ0v) is 19.5. The van der Waals surface area contributed by atoms with Crippen molar-refractivity contribution in [2.75, 3.05) is 13.7 Å². The fourth-order valence-corrected chi connectivity index (χ4v) is 3.97. The van der Waals surface area contributed by atoms with Crippen LogP contribution in [-0.2, 0) is 14.3 Å². The van der Waals surface area contributed by atoms with Gasteiger partial charge in [0.25, 0.3) is 0 Å². The molecule has 0 unspecified atom stereocenters. The summed E-state index contributed by atoms with van der Waals surface area (Å²) in [5.41, 5.74) is -1.01. The van der Waals surface area contributed by atoms with Crippen LogP contribution in [0.1, 0.15) is 6.92 Å². The largest absolute Gasteiger partial charge is 0.508 e. The van der Waals surface area contributed by atoms with Crippen LogP contribution in [0.4, 0.5) is 0 Å². The molecule has 1 aliphatic heterocycles. The first-order chi connectivity index (χ1) is 17.5. The van der Waals surface area contributed by atoms with Crippen molar-refractivity contribution >= 4 is 16.9 Å². The van der Waals surface area contributed by atoms with Gasteiger partial charge in [-0.3, -0.25) is 9.59 Å². The van der Waals surface area contributed by atoms with Crippen LogP contribution in [0.5, 0.6) is 28.7 Å². The maximum Gasteiger partial charge on any atom is 0.303 e. The highest BCUT2D eigenvalue weighted by Gasteiger charge is 2.48. The molecule has 0 amide bonds. The Kier molecular flexibility index (Phi) is 7.14. The van der Waals surface area contributed by atoms with Gasteiger partial charge in [0.15, 0.2) is 23.4 Å². The average molecular weight is 520 g/mol.